The first-order valence-electron chi connectivity index (χ1n) is 5.84. The lowest BCUT2D eigenvalue weighted by Crippen LogP contribution is -2.32. The number of rotatable bonds is 5. The van der Waals surface area contributed by atoms with Gasteiger partial charge in [-0.05, 0) is 0 Å². The number of hydrogen-bond donors (Lipinski definition) is 5. The highest BCUT2D eigenvalue weighted by atomic mass is 32.1. The van der Waals surface area contributed by atoms with Gasteiger partial charge in [0.2, 0.25) is 0 Å². The number of nitrogens with zero attached hydrogens (tertiary/aromatic N) is 1. The molecule has 2 atom stereocenters. The molecule has 10 nitrogen and oxygen atoms in total. The van der Waals surface area contributed by atoms with E-state index in [0.29, 0.717) is 6.42 Å². The first kappa shape index (κ1) is 17.6. The van der Waals surface area contributed by atoms with Crippen LogP contribution in [0, 0.1) is 0 Å². The average molecular weight is 330 g/mol. The van der Waals surface area contributed by atoms with Crippen molar-refractivity contribution in [2.75, 3.05) is 0 Å². The quantitative estimate of drug-likeness (QED) is 0.465. The summed E-state index contributed by atoms with van der Waals surface area (Å²) in [5.41, 5.74) is 9.87. The van der Waals surface area contributed by atoms with Crippen LogP contribution in [0.1, 0.15) is 16.8 Å². The molecule has 0 radical (unpaired) electrons. The van der Waals surface area contributed by atoms with Crippen LogP contribution in [0.2, 0.25) is 0 Å². The molecule has 22 heavy (non-hydrogen) atoms. The number of carbonyl (C=O) groups is 2. The van der Waals surface area contributed by atoms with Gasteiger partial charge in [0.1, 0.15) is 6.04 Å². The Bertz CT molecular complexity index is 664. The van der Waals surface area contributed by atoms with Crippen molar-refractivity contribution in [3.05, 3.63) is 38.8 Å². The van der Waals surface area contributed by atoms with Gasteiger partial charge in [-0.15, -0.1) is 11.3 Å². The van der Waals surface area contributed by atoms with E-state index in [-0.39, 0.29) is 5.76 Å². The zero-order valence-electron chi connectivity index (χ0n) is 11.1. The highest BCUT2D eigenvalue weighted by Crippen LogP contribution is 2.06. The van der Waals surface area contributed by atoms with Gasteiger partial charge in [0, 0.05) is 24.1 Å². The Morgan fingerprint density at radius 2 is 2.05 bits per heavy atom. The van der Waals surface area contributed by atoms with Gasteiger partial charge >= 0.3 is 11.9 Å². The van der Waals surface area contributed by atoms with Crippen LogP contribution in [0.3, 0.4) is 0 Å². The summed E-state index contributed by atoms with van der Waals surface area (Å²) in [4.78, 5) is 34.8. The highest BCUT2D eigenvalue weighted by Gasteiger charge is 2.18. The molecular weight excluding hydrogens is 316 g/mol. The fourth-order valence-corrected chi connectivity index (χ4v) is 1.88. The summed E-state index contributed by atoms with van der Waals surface area (Å²) in [6.07, 6.45) is 1.95. The number of thiazole rings is 1. The van der Waals surface area contributed by atoms with Gasteiger partial charge in [0.25, 0.3) is 5.56 Å². The number of carboxylic acid groups (broad SMARTS) is 2. The molecule has 0 saturated carbocycles. The largest absolute Gasteiger partial charge is 0.480 e. The van der Waals surface area contributed by atoms with Crippen molar-refractivity contribution in [2.45, 2.75) is 18.5 Å². The summed E-state index contributed by atoms with van der Waals surface area (Å²) in [6.45, 7) is 0. The number of aliphatic carboxylic acids is 2. The van der Waals surface area contributed by atoms with E-state index in [2.05, 4.69) is 9.51 Å². The summed E-state index contributed by atoms with van der Waals surface area (Å²) in [6, 6.07) is -1.12. The molecule has 0 fully saturated rings. The van der Waals surface area contributed by atoms with Gasteiger partial charge in [0.15, 0.2) is 11.8 Å². The minimum absolute atomic E-state index is 0.0810. The van der Waals surface area contributed by atoms with Crippen LogP contribution >= 0.6 is 11.3 Å². The molecule has 0 aliphatic rings. The number of aromatic amines is 1. The molecule has 0 saturated heterocycles. The number of H-pyrrole nitrogens is 1. The summed E-state index contributed by atoms with van der Waals surface area (Å²) in [5.74, 6) is -2.31. The van der Waals surface area contributed by atoms with E-state index >= 15 is 0 Å². The molecule has 2 heterocycles. The standard InChI is InChI=1S/C6H8N2O2S.C5H6N2O4/c7-4(6(9)10)3-5-8-1-2-11-5;6-4(5(9)10)2-1-3(8)7-11-2/h1-2,4H,3,7H2,(H,9,10);1,4H,6H2,(H,7,8)(H,9,10)/t2*4-/m00/s1. The minimum atomic E-state index is -1.28. The lowest BCUT2D eigenvalue weighted by molar-refractivity contribution is -0.139. The first-order chi connectivity index (χ1) is 10.3. The number of nitrogens with one attached hydrogen (secondary N) is 1. The molecule has 11 heteroatoms. The Kier molecular flexibility index (Phi) is 6.44. The normalized spacial score (nSPS) is 12.8. The van der Waals surface area contributed by atoms with Crippen LogP contribution in [0.15, 0.2) is 27.0 Å². The van der Waals surface area contributed by atoms with Crippen molar-refractivity contribution in [2.24, 2.45) is 11.5 Å². The Labute approximate surface area is 127 Å². The molecule has 0 spiro atoms. The molecule has 7 N–H and O–H groups in total. The maximum Gasteiger partial charge on any atom is 0.328 e. The molecule has 0 aromatic carbocycles. The molecule has 0 aliphatic carbocycles. The van der Waals surface area contributed by atoms with Gasteiger partial charge in [-0.25, -0.2) is 4.98 Å². The van der Waals surface area contributed by atoms with E-state index in [9.17, 15) is 14.4 Å². The zero-order chi connectivity index (χ0) is 16.7. The van der Waals surface area contributed by atoms with Crippen molar-refractivity contribution in [1.29, 1.82) is 0 Å². The van der Waals surface area contributed by atoms with Gasteiger partial charge in [-0.3, -0.25) is 14.4 Å². The van der Waals surface area contributed by atoms with E-state index < -0.39 is 29.6 Å². The second-order valence-electron chi connectivity index (χ2n) is 4.01. The smallest absolute Gasteiger partial charge is 0.328 e. The van der Waals surface area contributed by atoms with Gasteiger partial charge in [0.05, 0.1) is 5.01 Å². The van der Waals surface area contributed by atoms with E-state index in [4.69, 9.17) is 21.7 Å². The number of nitrogens with two attached hydrogens (primary N) is 2. The topological polar surface area (TPSA) is 186 Å². The van der Waals surface area contributed by atoms with E-state index in [0.717, 1.165) is 11.1 Å². The predicted molar refractivity (Wildman–Crippen MR) is 75.3 cm³/mol. The average Bonchev–Trinajstić information content (AvgIpc) is 3.10. The Balaban J connectivity index is 0.000000220. The molecule has 2 rings (SSSR count). The number of carboxylic acids is 2. The molecule has 2 aromatic heterocycles. The third-order valence-corrected chi connectivity index (χ3v) is 3.11. The second-order valence-corrected chi connectivity index (χ2v) is 4.98. The fraction of sp³-hybridized carbons (Fsp3) is 0.273. The highest BCUT2D eigenvalue weighted by molar-refractivity contribution is 7.09. The van der Waals surface area contributed by atoms with Crippen molar-refractivity contribution < 1.29 is 24.3 Å². The second kappa shape index (κ2) is 8.07. The van der Waals surface area contributed by atoms with Crippen LogP contribution in [0.5, 0.6) is 0 Å². The first-order valence-corrected chi connectivity index (χ1v) is 6.72. The van der Waals surface area contributed by atoms with E-state index in [1.54, 1.807) is 11.6 Å². The van der Waals surface area contributed by atoms with E-state index in [1.807, 2.05) is 5.16 Å². The third kappa shape index (κ3) is 5.47. The maximum absolute atomic E-state index is 10.4. The molecular formula is C11H14N4O6S. The summed E-state index contributed by atoms with van der Waals surface area (Å²) >= 11 is 1.41. The molecule has 0 unspecified atom stereocenters. The minimum Gasteiger partial charge on any atom is -0.480 e. The van der Waals surface area contributed by atoms with Gasteiger partial charge < -0.3 is 26.2 Å². The lowest BCUT2D eigenvalue weighted by Gasteiger charge is -2.01. The van der Waals surface area contributed by atoms with Crippen LogP contribution in [-0.4, -0.2) is 38.3 Å². The third-order valence-electron chi connectivity index (χ3n) is 2.31. The van der Waals surface area contributed by atoms with Crippen molar-refractivity contribution in [3.8, 4) is 0 Å². The van der Waals surface area contributed by atoms with Crippen LogP contribution in [0.25, 0.3) is 0 Å². The van der Waals surface area contributed by atoms with Crippen molar-refractivity contribution in [3.63, 3.8) is 0 Å². The Morgan fingerprint density at radius 1 is 1.36 bits per heavy atom. The predicted octanol–water partition coefficient (Wildman–Crippen LogP) is -0.850. The summed E-state index contributed by atoms with van der Waals surface area (Å²) < 4.78 is 4.44. The SMILES string of the molecule is N[C@@H](Cc1nccs1)C(=O)O.N[C@H](C(=O)O)c1cc(=O)[nH]o1. The zero-order valence-corrected chi connectivity index (χ0v) is 11.9. The summed E-state index contributed by atoms with van der Waals surface area (Å²) in [5, 5.41) is 21.3. The fourth-order valence-electron chi connectivity index (χ4n) is 1.20. The number of aromatic nitrogens is 2. The molecule has 120 valence electrons. The van der Waals surface area contributed by atoms with Crippen LogP contribution in [0.4, 0.5) is 0 Å². The molecule has 2 aromatic rings. The van der Waals surface area contributed by atoms with Crippen molar-refractivity contribution >= 4 is 23.3 Å². The Hall–Kier alpha value is -2.50. The lowest BCUT2D eigenvalue weighted by atomic mass is 10.2. The number of hydrogen-bond acceptors (Lipinski definition) is 8. The molecule has 0 aliphatic heterocycles. The van der Waals surface area contributed by atoms with Crippen LogP contribution in [-0.2, 0) is 16.0 Å². The van der Waals surface area contributed by atoms with E-state index in [1.165, 1.54) is 11.3 Å². The molecule has 0 amide bonds. The Morgan fingerprint density at radius 3 is 2.45 bits per heavy atom. The van der Waals surface area contributed by atoms with Gasteiger partial charge in [-0.1, -0.05) is 0 Å². The van der Waals surface area contributed by atoms with Gasteiger partial charge in [-0.2, -0.15) is 5.16 Å². The van der Waals surface area contributed by atoms with Crippen LogP contribution < -0.4 is 17.0 Å². The maximum atomic E-state index is 10.4. The molecule has 0 bridgehead atoms. The monoisotopic (exact) mass is 330 g/mol. The van der Waals surface area contributed by atoms with Crippen molar-refractivity contribution in [1.82, 2.24) is 10.1 Å². The summed E-state index contributed by atoms with van der Waals surface area (Å²) in [7, 11) is 0.